The highest BCUT2D eigenvalue weighted by atomic mass is 35.5. The number of aryl methyl sites for hydroxylation is 1. The van der Waals surface area contributed by atoms with E-state index in [0.717, 1.165) is 0 Å². The average molecular weight is 211 g/mol. The van der Waals surface area contributed by atoms with E-state index in [1.165, 1.54) is 30.5 Å². The molecule has 3 heteroatoms. The lowest BCUT2D eigenvalue weighted by atomic mass is 10.0. The second kappa shape index (κ2) is 3.87. The quantitative estimate of drug-likeness (QED) is 0.663. The molecule has 2 rings (SSSR count). The Morgan fingerprint density at radius 2 is 2.36 bits per heavy atom. The van der Waals surface area contributed by atoms with Gasteiger partial charge in [0.1, 0.15) is 5.15 Å². The number of halogens is 1. The van der Waals surface area contributed by atoms with Gasteiger partial charge in [-0.25, -0.2) is 4.98 Å². The SMILES string of the molecule is Cc1cc(Cl)ncc1[C@H]1CCCN1C. The predicted molar refractivity (Wildman–Crippen MR) is 58.6 cm³/mol. The van der Waals surface area contributed by atoms with Crippen molar-refractivity contribution in [3.05, 3.63) is 28.5 Å². The molecule has 2 nitrogen and oxygen atoms in total. The summed E-state index contributed by atoms with van der Waals surface area (Å²) in [6.07, 6.45) is 4.44. The smallest absolute Gasteiger partial charge is 0.129 e. The highest BCUT2D eigenvalue weighted by Gasteiger charge is 2.23. The first-order valence-electron chi connectivity index (χ1n) is 5.01. The largest absolute Gasteiger partial charge is 0.299 e. The third kappa shape index (κ3) is 1.77. The van der Waals surface area contributed by atoms with Crippen LogP contribution in [0.4, 0.5) is 0 Å². The Bertz CT molecular complexity index is 338. The number of hydrogen-bond acceptors (Lipinski definition) is 2. The molecule has 1 aliphatic rings. The summed E-state index contributed by atoms with van der Waals surface area (Å²) in [4.78, 5) is 6.54. The zero-order valence-electron chi connectivity index (χ0n) is 8.63. The highest BCUT2D eigenvalue weighted by molar-refractivity contribution is 6.29. The van der Waals surface area contributed by atoms with Crippen LogP contribution in [0, 0.1) is 6.92 Å². The second-order valence-electron chi connectivity index (χ2n) is 4.00. The van der Waals surface area contributed by atoms with Gasteiger partial charge in [-0.15, -0.1) is 0 Å². The van der Waals surface area contributed by atoms with Crippen LogP contribution in [0.15, 0.2) is 12.3 Å². The molecule has 0 unspecified atom stereocenters. The van der Waals surface area contributed by atoms with Gasteiger partial charge in [-0.1, -0.05) is 11.6 Å². The first kappa shape index (κ1) is 9.94. The molecule has 2 heterocycles. The topological polar surface area (TPSA) is 16.1 Å². The zero-order chi connectivity index (χ0) is 10.1. The van der Waals surface area contributed by atoms with Crippen LogP contribution in [0.25, 0.3) is 0 Å². The number of nitrogens with zero attached hydrogens (tertiary/aromatic N) is 2. The molecule has 0 bridgehead atoms. The van der Waals surface area contributed by atoms with Crippen molar-refractivity contribution in [1.29, 1.82) is 0 Å². The van der Waals surface area contributed by atoms with Crippen molar-refractivity contribution in [3.63, 3.8) is 0 Å². The van der Waals surface area contributed by atoms with E-state index in [4.69, 9.17) is 11.6 Å². The lowest BCUT2D eigenvalue weighted by molar-refractivity contribution is 0.316. The minimum absolute atomic E-state index is 0.541. The number of rotatable bonds is 1. The number of hydrogen-bond donors (Lipinski definition) is 0. The maximum absolute atomic E-state index is 5.84. The second-order valence-corrected chi connectivity index (χ2v) is 4.39. The fourth-order valence-corrected chi connectivity index (χ4v) is 2.40. The van der Waals surface area contributed by atoms with Gasteiger partial charge in [0.05, 0.1) is 0 Å². The fourth-order valence-electron chi connectivity index (χ4n) is 2.18. The third-order valence-corrected chi connectivity index (χ3v) is 3.20. The van der Waals surface area contributed by atoms with Crippen LogP contribution in [-0.2, 0) is 0 Å². The van der Waals surface area contributed by atoms with Crippen molar-refractivity contribution in [2.24, 2.45) is 0 Å². The van der Waals surface area contributed by atoms with Gasteiger partial charge < -0.3 is 0 Å². The summed E-state index contributed by atoms with van der Waals surface area (Å²) < 4.78 is 0. The lowest BCUT2D eigenvalue weighted by Gasteiger charge is -2.21. The third-order valence-electron chi connectivity index (χ3n) is 3.00. The van der Waals surface area contributed by atoms with Gasteiger partial charge in [0, 0.05) is 12.2 Å². The first-order chi connectivity index (χ1) is 6.68. The molecule has 1 aromatic heterocycles. The summed E-state index contributed by atoms with van der Waals surface area (Å²) in [5, 5.41) is 0.590. The Morgan fingerprint density at radius 1 is 1.57 bits per heavy atom. The van der Waals surface area contributed by atoms with Crippen molar-refractivity contribution in [2.75, 3.05) is 13.6 Å². The molecule has 0 radical (unpaired) electrons. The van der Waals surface area contributed by atoms with E-state index >= 15 is 0 Å². The van der Waals surface area contributed by atoms with E-state index in [1.54, 1.807) is 0 Å². The van der Waals surface area contributed by atoms with Gasteiger partial charge in [0.2, 0.25) is 0 Å². The molecule has 0 aliphatic carbocycles. The Hall–Kier alpha value is -0.600. The molecule has 1 atom stereocenters. The van der Waals surface area contributed by atoms with Crippen LogP contribution in [0.2, 0.25) is 5.15 Å². The van der Waals surface area contributed by atoms with E-state index < -0.39 is 0 Å². The zero-order valence-corrected chi connectivity index (χ0v) is 9.38. The molecule has 0 N–H and O–H groups in total. The van der Waals surface area contributed by atoms with E-state index in [-0.39, 0.29) is 0 Å². The van der Waals surface area contributed by atoms with Crippen LogP contribution < -0.4 is 0 Å². The van der Waals surface area contributed by atoms with Crippen molar-refractivity contribution in [3.8, 4) is 0 Å². The van der Waals surface area contributed by atoms with Crippen LogP contribution in [0.5, 0.6) is 0 Å². The van der Waals surface area contributed by atoms with E-state index in [1.807, 2.05) is 12.3 Å². The summed E-state index contributed by atoms with van der Waals surface area (Å²) in [6.45, 7) is 3.29. The van der Waals surface area contributed by atoms with E-state index in [2.05, 4.69) is 23.9 Å². The minimum Gasteiger partial charge on any atom is -0.299 e. The minimum atomic E-state index is 0.541. The maximum Gasteiger partial charge on any atom is 0.129 e. The van der Waals surface area contributed by atoms with Crippen molar-refractivity contribution in [1.82, 2.24) is 9.88 Å². The standard InChI is InChI=1S/C11H15ClN2/c1-8-6-11(12)13-7-9(8)10-4-3-5-14(10)2/h6-7,10H,3-5H2,1-2H3/t10-/m1/s1. The number of likely N-dealkylation sites (tertiary alicyclic amines) is 1. The molecule has 1 fully saturated rings. The molecular weight excluding hydrogens is 196 g/mol. The molecule has 0 saturated carbocycles. The van der Waals surface area contributed by atoms with Crippen LogP contribution in [-0.4, -0.2) is 23.5 Å². The summed E-state index contributed by atoms with van der Waals surface area (Å²) in [7, 11) is 2.17. The molecule has 0 amide bonds. The summed E-state index contributed by atoms with van der Waals surface area (Å²) in [5.74, 6) is 0. The molecule has 1 saturated heterocycles. The predicted octanol–water partition coefficient (Wildman–Crippen LogP) is 2.81. The Labute approximate surface area is 89.9 Å². The first-order valence-corrected chi connectivity index (χ1v) is 5.38. The summed E-state index contributed by atoms with van der Waals surface area (Å²) in [5.41, 5.74) is 2.58. The molecule has 76 valence electrons. The lowest BCUT2D eigenvalue weighted by Crippen LogP contribution is -2.18. The van der Waals surface area contributed by atoms with Gasteiger partial charge in [-0.2, -0.15) is 0 Å². The molecule has 0 aromatic carbocycles. The van der Waals surface area contributed by atoms with Crippen molar-refractivity contribution >= 4 is 11.6 Å². The van der Waals surface area contributed by atoms with Crippen molar-refractivity contribution < 1.29 is 0 Å². The van der Waals surface area contributed by atoms with E-state index in [0.29, 0.717) is 11.2 Å². The monoisotopic (exact) mass is 210 g/mol. The van der Waals surface area contributed by atoms with Gasteiger partial charge in [-0.05, 0) is 50.6 Å². The molecule has 1 aromatic rings. The Balaban J connectivity index is 2.31. The van der Waals surface area contributed by atoms with Gasteiger partial charge >= 0.3 is 0 Å². The molecule has 0 spiro atoms. The number of pyridine rings is 1. The molecule has 1 aliphatic heterocycles. The van der Waals surface area contributed by atoms with Crippen molar-refractivity contribution in [2.45, 2.75) is 25.8 Å². The van der Waals surface area contributed by atoms with Crippen LogP contribution >= 0.6 is 11.6 Å². The van der Waals surface area contributed by atoms with Crippen LogP contribution in [0.1, 0.15) is 30.0 Å². The fraction of sp³-hybridized carbons (Fsp3) is 0.545. The normalized spacial score (nSPS) is 22.9. The van der Waals surface area contributed by atoms with Gasteiger partial charge in [0.15, 0.2) is 0 Å². The van der Waals surface area contributed by atoms with E-state index in [9.17, 15) is 0 Å². The summed E-state index contributed by atoms with van der Waals surface area (Å²) in [6, 6.07) is 2.49. The highest BCUT2D eigenvalue weighted by Crippen LogP contribution is 2.32. The average Bonchev–Trinajstić information content (AvgIpc) is 2.52. The summed E-state index contributed by atoms with van der Waals surface area (Å²) >= 11 is 5.84. The molecular formula is C11H15ClN2. The maximum atomic E-state index is 5.84. The van der Waals surface area contributed by atoms with Gasteiger partial charge in [-0.3, -0.25) is 4.90 Å². The van der Waals surface area contributed by atoms with Gasteiger partial charge in [0.25, 0.3) is 0 Å². The molecule has 14 heavy (non-hydrogen) atoms. The number of aromatic nitrogens is 1. The van der Waals surface area contributed by atoms with Crippen LogP contribution in [0.3, 0.4) is 0 Å². The Morgan fingerprint density at radius 3 is 2.93 bits per heavy atom. The Kier molecular flexibility index (Phi) is 2.75.